The van der Waals surface area contributed by atoms with Crippen LogP contribution in [0, 0.1) is 12.7 Å². The van der Waals surface area contributed by atoms with Crippen molar-refractivity contribution in [2.24, 2.45) is 0 Å². The minimum atomic E-state index is -3.69. The van der Waals surface area contributed by atoms with E-state index in [4.69, 9.17) is 10.5 Å². The van der Waals surface area contributed by atoms with E-state index < -0.39 is 34.3 Å². The number of aryl methyl sites for hydroxylation is 1. The fraction of sp³-hybridized carbons (Fsp3) is 0.364. The lowest BCUT2D eigenvalue weighted by molar-refractivity contribution is -0.119. The van der Waals surface area contributed by atoms with Crippen LogP contribution in [0.4, 0.5) is 15.8 Å². The van der Waals surface area contributed by atoms with Gasteiger partial charge in [0.2, 0.25) is 10.0 Å². The average molecular weight is 464 g/mol. The van der Waals surface area contributed by atoms with Crippen molar-refractivity contribution in [3.8, 4) is 0 Å². The molecule has 0 atom stereocenters. The molecule has 172 valence electrons. The molecule has 0 saturated carbocycles. The van der Waals surface area contributed by atoms with E-state index in [2.05, 4.69) is 5.32 Å². The molecule has 2 aromatic carbocycles. The highest BCUT2D eigenvalue weighted by Crippen LogP contribution is 2.26. The standard InChI is InChI=1S/C22H26FN3O5S/c1-15-6-8-17(13-20(15)32(29,30)26-10-4-2-3-5-11-26)25-21(27)14-31-22(28)18-9-7-16(23)12-19(18)24/h6-9,12-13H,2-5,10-11,14,24H2,1H3,(H,25,27). The van der Waals surface area contributed by atoms with Gasteiger partial charge in [0, 0.05) is 24.5 Å². The number of nitrogens with two attached hydrogens (primary N) is 1. The van der Waals surface area contributed by atoms with Gasteiger partial charge in [-0.05, 0) is 55.7 Å². The van der Waals surface area contributed by atoms with E-state index in [0.29, 0.717) is 18.7 Å². The molecule has 10 heteroatoms. The van der Waals surface area contributed by atoms with Crippen molar-refractivity contribution in [2.45, 2.75) is 37.5 Å². The van der Waals surface area contributed by atoms with Crippen molar-refractivity contribution < 1.29 is 27.1 Å². The van der Waals surface area contributed by atoms with Gasteiger partial charge in [-0.3, -0.25) is 4.79 Å². The van der Waals surface area contributed by atoms with E-state index in [1.54, 1.807) is 19.1 Å². The lowest BCUT2D eigenvalue weighted by Gasteiger charge is -2.21. The summed E-state index contributed by atoms with van der Waals surface area (Å²) in [7, 11) is -3.69. The molecule has 0 bridgehead atoms. The van der Waals surface area contributed by atoms with E-state index >= 15 is 0 Å². The van der Waals surface area contributed by atoms with Crippen LogP contribution in [0.25, 0.3) is 0 Å². The number of nitrogen functional groups attached to an aromatic ring is 1. The number of nitrogens with one attached hydrogen (secondary N) is 1. The van der Waals surface area contributed by atoms with Gasteiger partial charge in [0.15, 0.2) is 6.61 Å². The number of anilines is 2. The molecular formula is C22H26FN3O5S. The maximum Gasteiger partial charge on any atom is 0.340 e. The molecule has 0 radical (unpaired) electrons. The zero-order valence-corrected chi connectivity index (χ0v) is 18.6. The summed E-state index contributed by atoms with van der Waals surface area (Å²) in [5, 5.41) is 2.54. The molecule has 3 N–H and O–H groups in total. The highest BCUT2D eigenvalue weighted by molar-refractivity contribution is 7.89. The van der Waals surface area contributed by atoms with Gasteiger partial charge in [0.25, 0.3) is 5.91 Å². The van der Waals surface area contributed by atoms with Crippen LogP contribution in [0.3, 0.4) is 0 Å². The third-order valence-corrected chi connectivity index (χ3v) is 7.26. The molecule has 1 heterocycles. The summed E-state index contributed by atoms with van der Waals surface area (Å²) >= 11 is 0. The molecule has 3 rings (SSSR count). The second-order valence-corrected chi connectivity index (χ2v) is 9.56. The molecule has 32 heavy (non-hydrogen) atoms. The van der Waals surface area contributed by atoms with Gasteiger partial charge in [0.1, 0.15) is 5.82 Å². The predicted octanol–water partition coefficient (Wildman–Crippen LogP) is 3.08. The number of nitrogens with zero attached hydrogens (tertiary/aromatic N) is 1. The largest absolute Gasteiger partial charge is 0.452 e. The SMILES string of the molecule is Cc1ccc(NC(=O)COC(=O)c2ccc(F)cc2N)cc1S(=O)(=O)N1CCCCCC1. The number of halogens is 1. The van der Waals surface area contributed by atoms with E-state index in [9.17, 15) is 22.4 Å². The number of hydrogen-bond acceptors (Lipinski definition) is 6. The second kappa shape index (κ2) is 10.1. The first kappa shape index (κ1) is 23.7. The Labute approximate surface area is 186 Å². The molecule has 1 aliphatic heterocycles. The Morgan fingerprint density at radius 1 is 1.09 bits per heavy atom. The highest BCUT2D eigenvalue weighted by atomic mass is 32.2. The minimum Gasteiger partial charge on any atom is -0.452 e. The van der Waals surface area contributed by atoms with Gasteiger partial charge >= 0.3 is 5.97 Å². The first-order chi connectivity index (χ1) is 15.2. The zero-order chi connectivity index (χ0) is 23.3. The molecule has 0 unspecified atom stereocenters. The van der Waals surface area contributed by atoms with Gasteiger partial charge in [-0.15, -0.1) is 0 Å². The molecule has 8 nitrogen and oxygen atoms in total. The highest BCUT2D eigenvalue weighted by Gasteiger charge is 2.27. The van der Waals surface area contributed by atoms with Gasteiger partial charge in [0.05, 0.1) is 10.5 Å². The Kier molecular flexibility index (Phi) is 7.47. The number of carbonyl (C=O) groups excluding carboxylic acids is 2. The summed E-state index contributed by atoms with van der Waals surface area (Å²) in [5.74, 6) is -2.12. The Morgan fingerprint density at radius 2 is 1.78 bits per heavy atom. The van der Waals surface area contributed by atoms with E-state index in [1.807, 2.05) is 0 Å². The van der Waals surface area contributed by atoms with E-state index in [-0.39, 0.29) is 21.8 Å². The fourth-order valence-electron chi connectivity index (χ4n) is 3.50. The molecule has 1 amide bonds. The van der Waals surface area contributed by atoms with Crippen LogP contribution in [0.1, 0.15) is 41.6 Å². The monoisotopic (exact) mass is 463 g/mol. The Morgan fingerprint density at radius 3 is 2.44 bits per heavy atom. The third kappa shape index (κ3) is 5.63. The van der Waals surface area contributed by atoms with Crippen LogP contribution in [-0.4, -0.2) is 44.3 Å². The summed E-state index contributed by atoms with van der Waals surface area (Å²) < 4.78 is 45.8. The molecular weight excluding hydrogens is 437 g/mol. The maximum atomic E-state index is 13.1. The summed E-state index contributed by atoms with van der Waals surface area (Å²) in [4.78, 5) is 24.5. The number of carbonyl (C=O) groups is 2. The molecule has 0 aliphatic carbocycles. The summed E-state index contributed by atoms with van der Waals surface area (Å²) in [6, 6.07) is 7.82. The van der Waals surface area contributed by atoms with Crippen molar-refractivity contribution in [1.29, 1.82) is 0 Å². The van der Waals surface area contributed by atoms with Crippen LogP contribution in [0.2, 0.25) is 0 Å². The first-order valence-electron chi connectivity index (χ1n) is 10.3. The van der Waals surface area contributed by atoms with Crippen LogP contribution in [0.5, 0.6) is 0 Å². The van der Waals surface area contributed by atoms with Gasteiger partial charge < -0.3 is 15.8 Å². The first-order valence-corrected chi connectivity index (χ1v) is 11.8. The van der Waals surface area contributed by atoms with Gasteiger partial charge in [-0.25, -0.2) is 17.6 Å². The number of ether oxygens (including phenoxy) is 1. The maximum absolute atomic E-state index is 13.1. The van der Waals surface area contributed by atoms with Crippen molar-refractivity contribution in [3.63, 3.8) is 0 Å². The molecule has 1 aliphatic rings. The topological polar surface area (TPSA) is 119 Å². The Hall–Kier alpha value is -2.98. The van der Waals surface area contributed by atoms with Crippen LogP contribution < -0.4 is 11.1 Å². The number of sulfonamides is 1. The zero-order valence-electron chi connectivity index (χ0n) is 17.8. The van der Waals surface area contributed by atoms with Crippen LogP contribution in [0.15, 0.2) is 41.3 Å². The molecule has 0 aromatic heterocycles. The summed E-state index contributed by atoms with van der Waals surface area (Å²) in [6.07, 6.45) is 3.64. The van der Waals surface area contributed by atoms with E-state index in [0.717, 1.165) is 37.8 Å². The molecule has 1 fully saturated rings. The number of amides is 1. The molecule has 2 aromatic rings. The molecule has 1 saturated heterocycles. The lowest BCUT2D eigenvalue weighted by Crippen LogP contribution is -2.32. The van der Waals surface area contributed by atoms with Crippen molar-refractivity contribution in [2.75, 3.05) is 30.7 Å². The van der Waals surface area contributed by atoms with Crippen LogP contribution >= 0.6 is 0 Å². The predicted molar refractivity (Wildman–Crippen MR) is 118 cm³/mol. The quantitative estimate of drug-likeness (QED) is 0.502. The van der Waals surface area contributed by atoms with Crippen molar-refractivity contribution >= 4 is 33.3 Å². The second-order valence-electron chi connectivity index (χ2n) is 7.65. The number of hydrogen-bond donors (Lipinski definition) is 2. The number of esters is 1. The summed E-state index contributed by atoms with van der Waals surface area (Å²) in [5.41, 5.74) is 6.28. The van der Waals surface area contributed by atoms with Gasteiger partial charge in [-0.1, -0.05) is 18.9 Å². The normalized spacial score (nSPS) is 15.1. The minimum absolute atomic E-state index is 0.0552. The van der Waals surface area contributed by atoms with Crippen LogP contribution in [-0.2, 0) is 19.6 Å². The smallest absolute Gasteiger partial charge is 0.340 e. The third-order valence-electron chi connectivity index (χ3n) is 5.22. The average Bonchev–Trinajstić information content (AvgIpc) is 3.03. The molecule has 0 spiro atoms. The summed E-state index contributed by atoms with van der Waals surface area (Å²) in [6.45, 7) is 2.03. The Bertz CT molecular complexity index is 1110. The van der Waals surface area contributed by atoms with E-state index in [1.165, 1.54) is 16.4 Å². The fourth-order valence-corrected chi connectivity index (χ4v) is 5.27. The van der Waals surface area contributed by atoms with Crippen molar-refractivity contribution in [3.05, 3.63) is 53.3 Å². The Balaban J connectivity index is 1.67. The number of rotatable bonds is 6. The van der Waals surface area contributed by atoms with Crippen molar-refractivity contribution in [1.82, 2.24) is 4.31 Å². The lowest BCUT2D eigenvalue weighted by atomic mass is 10.2. The van der Waals surface area contributed by atoms with Gasteiger partial charge in [-0.2, -0.15) is 4.31 Å². The number of benzene rings is 2.